The number of benzene rings is 2. The van der Waals surface area contributed by atoms with Gasteiger partial charge in [-0.2, -0.15) is 13.2 Å². The van der Waals surface area contributed by atoms with Crippen molar-refractivity contribution in [2.45, 2.75) is 6.18 Å². The fourth-order valence-corrected chi connectivity index (χ4v) is 4.13. The van der Waals surface area contributed by atoms with Gasteiger partial charge in [-0.3, -0.25) is 4.79 Å². The lowest BCUT2D eigenvalue weighted by Crippen LogP contribution is -2.12. The lowest BCUT2D eigenvalue weighted by molar-refractivity contribution is -0.139. The third-order valence-electron chi connectivity index (χ3n) is 4.20. The quantitative estimate of drug-likeness (QED) is 0.395. The van der Waals surface area contributed by atoms with Gasteiger partial charge in [-0.25, -0.2) is 9.59 Å². The summed E-state index contributed by atoms with van der Waals surface area (Å²) in [6.07, 6.45) is -4.50. The van der Waals surface area contributed by atoms with Gasteiger partial charge in [0.2, 0.25) is 0 Å². The number of carbonyl (C=O) groups is 3. The number of aliphatic carboxylic acids is 1. The SMILES string of the molecule is O=C(O)COc1c(C(=O)O)sc(-c2cccc(C(=O)Nc3ccc(C(F)(F)F)cc3)c2)c1Cl. The number of hydrogen-bond acceptors (Lipinski definition) is 5. The van der Waals surface area contributed by atoms with E-state index in [9.17, 15) is 32.7 Å². The van der Waals surface area contributed by atoms with Crippen LogP contribution in [0.3, 0.4) is 0 Å². The Kier molecular flexibility index (Phi) is 6.94. The maximum Gasteiger partial charge on any atom is 0.416 e. The fourth-order valence-electron chi connectivity index (χ4n) is 2.73. The minimum absolute atomic E-state index is 0.126. The predicted octanol–water partition coefficient (Wildman–Crippen LogP) is 5.50. The molecule has 0 unspecified atom stereocenters. The van der Waals surface area contributed by atoms with Crippen LogP contribution in [-0.2, 0) is 11.0 Å². The summed E-state index contributed by atoms with van der Waals surface area (Å²) in [5, 5.41) is 20.5. The molecule has 3 rings (SSSR count). The molecule has 1 heterocycles. The van der Waals surface area contributed by atoms with Crippen LogP contribution >= 0.6 is 22.9 Å². The van der Waals surface area contributed by atoms with Crippen LogP contribution in [0.2, 0.25) is 5.02 Å². The molecule has 7 nitrogen and oxygen atoms in total. The van der Waals surface area contributed by atoms with Crippen LogP contribution in [-0.4, -0.2) is 34.7 Å². The zero-order valence-corrected chi connectivity index (χ0v) is 17.8. The summed E-state index contributed by atoms with van der Waals surface area (Å²) < 4.78 is 43.1. The number of thiophene rings is 1. The van der Waals surface area contributed by atoms with Crippen molar-refractivity contribution < 1.29 is 42.5 Å². The standard InChI is InChI=1S/C21H13ClF3NO6S/c22-15-16(32-9-14(27)28)18(20(30)31)33-17(15)10-2-1-3-11(8-10)19(29)26-13-6-4-12(5-7-13)21(23,24)25/h1-8H,9H2,(H,26,29)(H,27,28)(H,30,31). The normalized spacial score (nSPS) is 11.2. The summed E-state index contributed by atoms with van der Waals surface area (Å²) in [5.74, 6) is -3.61. The van der Waals surface area contributed by atoms with Crippen LogP contribution < -0.4 is 10.1 Å². The van der Waals surface area contributed by atoms with E-state index in [0.717, 1.165) is 35.6 Å². The van der Waals surface area contributed by atoms with Crippen molar-refractivity contribution in [3.05, 3.63) is 69.6 Å². The molecule has 3 N–H and O–H groups in total. The van der Waals surface area contributed by atoms with Gasteiger partial charge in [-0.1, -0.05) is 23.7 Å². The van der Waals surface area contributed by atoms with Crippen molar-refractivity contribution in [1.82, 2.24) is 0 Å². The lowest BCUT2D eigenvalue weighted by atomic mass is 10.1. The largest absolute Gasteiger partial charge is 0.479 e. The first kappa shape index (κ1) is 24.1. The van der Waals surface area contributed by atoms with Crippen LogP contribution in [0.1, 0.15) is 25.6 Å². The fraction of sp³-hybridized carbons (Fsp3) is 0.0952. The Bertz CT molecular complexity index is 1220. The molecule has 1 amide bonds. The van der Waals surface area contributed by atoms with E-state index < -0.39 is 36.2 Å². The second kappa shape index (κ2) is 9.51. The van der Waals surface area contributed by atoms with Crippen molar-refractivity contribution in [3.63, 3.8) is 0 Å². The highest BCUT2D eigenvalue weighted by Gasteiger charge is 2.30. The molecule has 0 fully saturated rings. The Morgan fingerprint density at radius 3 is 2.30 bits per heavy atom. The molecule has 0 spiro atoms. The van der Waals surface area contributed by atoms with Crippen molar-refractivity contribution >= 4 is 46.5 Å². The van der Waals surface area contributed by atoms with Gasteiger partial charge in [-0.05, 0) is 42.0 Å². The molecule has 0 saturated carbocycles. The summed E-state index contributed by atoms with van der Waals surface area (Å²) in [6, 6.07) is 9.82. The smallest absolute Gasteiger partial charge is 0.416 e. The molecular formula is C21H13ClF3NO6S. The lowest BCUT2D eigenvalue weighted by Gasteiger charge is -2.09. The molecule has 33 heavy (non-hydrogen) atoms. The van der Waals surface area contributed by atoms with Gasteiger partial charge in [0.1, 0.15) is 5.02 Å². The third kappa shape index (κ3) is 5.62. The first-order chi connectivity index (χ1) is 15.5. The molecule has 0 bridgehead atoms. The Morgan fingerprint density at radius 2 is 1.73 bits per heavy atom. The Labute approximate surface area is 193 Å². The highest BCUT2D eigenvalue weighted by atomic mass is 35.5. The van der Waals surface area contributed by atoms with Crippen LogP contribution in [0.25, 0.3) is 10.4 Å². The van der Waals surface area contributed by atoms with Gasteiger partial charge in [0.25, 0.3) is 5.91 Å². The van der Waals surface area contributed by atoms with Gasteiger partial charge in [0.05, 0.1) is 10.4 Å². The van der Waals surface area contributed by atoms with Crippen molar-refractivity contribution in [2.24, 2.45) is 0 Å². The number of carboxylic acids is 2. The number of ether oxygens (including phenoxy) is 1. The summed E-state index contributed by atoms with van der Waals surface area (Å²) in [4.78, 5) is 34.8. The number of carbonyl (C=O) groups excluding carboxylic acids is 1. The average molecular weight is 500 g/mol. The number of carboxylic acid groups (broad SMARTS) is 2. The number of rotatable bonds is 7. The molecular weight excluding hydrogens is 487 g/mol. The van der Waals surface area contributed by atoms with E-state index in [2.05, 4.69) is 5.32 Å². The number of amides is 1. The van der Waals surface area contributed by atoms with E-state index >= 15 is 0 Å². The van der Waals surface area contributed by atoms with Crippen LogP contribution in [0.4, 0.5) is 18.9 Å². The maximum absolute atomic E-state index is 12.7. The number of alkyl halides is 3. The zero-order chi connectivity index (χ0) is 24.3. The Morgan fingerprint density at radius 1 is 1.06 bits per heavy atom. The summed E-state index contributed by atoms with van der Waals surface area (Å²) >= 11 is 6.98. The molecule has 172 valence electrons. The zero-order valence-electron chi connectivity index (χ0n) is 16.3. The van der Waals surface area contributed by atoms with Crippen molar-refractivity contribution in [2.75, 3.05) is 11.9 Å². The maximum atomic E-state index is 12.7. The number of hydrogen-bond donors (Lipinski definition) is 3. The Hall–Kier alpha value is -3.57. The number of halogens is 4. The Balaban J connectivity index is 1.87. The number of aromatic carboxylic acids is 1. The first-order valence-electron chi connectivity index (χ1n) is 8.96. The van der Waals surface area contributed by atoms with Gasteiger partial charge in [-0.15, -0.1) is 11.3 Å². The van der Waals surface area contributed by atoms with Crippen LogP contribution in [0.15, 0.2) is 48.5 Å². The molecule has 0 aliphatic rings. The van der Waals surface area contributed by atoms with E-state index in [-0.39, 0.29) is 31.8 Å². The molecule has 0 atom stereocenters. The van der Waals surface area contributed by atoms with Gasteiger partial charge < -0.3 is 20.3 Å². The van der Waals surface area contributed by atoms with Crippen LogP contribution in [0, 0.1) is 0 Å². The molecule has 0 aliphatic carbocycles. The molecule has 1 aromatic heterocycles. The summed E-state index contributed by atoms with van der Waals surface area (Å²) in [6.45, 7) is -0.800. The minimum Gasteiger partial charge on any atom is -0.479 e. The van der Waals surface area contributed by atoms with E-state index in [1.807, 2.05) is 0 Å². The van der Waals surface area contributed by atoms with Gasteiger partial charge >= 0.3 is 18.1 Å². The highest BCUT2D eigenvalue weighted by molar-refractivity contribution is 7.18. The van der Waals surface area contributed by atoms with E-state index in [0.29, 0.717) is 5.56 Å². The van der Waals surface area contributed by atoms with Crippen molar-refractivity contribution in [3.8, 4) is 16.2 Å². The van der Waals surface area contributed by atoms with E-state index in [4.69, 9.17) is 21.4 Å². The molecule has 0 radical (unpaired) electrons. The molecule has 0 saturated heterocycles. The average Bonchev–Trinajstić information content (AvgIpc) is 3.08. The minimum atomic E-state index is -4.50. The highest BCUT2D eigenvalue weighted by Crippen LogP contribution is 2.45. The predicted molar refractivity (Wildman–Crippen MR) is 114 cm³/mol. The topological polar surface area (TPSA) is 113 Å². The van der Waals surface area contributed by atoms with E-state index in [1.54, 1.807) is 6.07 Å². The molecule has 3 aromatic rings. The van der Waals surface area contributed by atoms with Gasteiger partial charge in [0, 0.05) is 11.3 Å². The molecule has 0 aliphatic heterocycles. The first-order valence-corrected chi connectivity index (χ1v) is 10.2. The monoisotopic (exact) mass is 499 g/mol. The summed E-state index contributed by atoms with van der Waals surface area (Å²) in [7, 11) is 0. The van der Waals surface area contributed by atoms with Crippen LogP contribution in [0.5, 0.6) is 5.75 Å². The third-order valence-corrected chi connectivity index (χ3v) is 5.88. The van der Waals surface area contributed by atoms with E-state index in [1.165, 1.54) is 18.2 Å². The molecule has 12 heteroatoms. The number of anilines is 1. The van der Waals surface area contributed by atoms with Crippen molar-refractivity contribution in [1.29, 1.82) is 0 Å². The molecule has 2 aromatic carbocycles. The summed E-state index contributed by atoms with van der Waals surface area (Å²) in [5.41, 5.74) is -0.227. The second-order valence-electron chi connectivity index (χ2n) is 6.50. The van der Waals surface area contributed by atoms with Gasteiger partial charge in [0.15, 0.2) is 17.2 Å². The second-order valence-corrected chi connectivity index (χ2v) is 7.90. The number of nitrogens with one attached hydrogen (secondary N) is 1.